The van der Waals surface area contributed by atoms with Crippen LogP contribution in [-0.2, 0) is 17.9 Å². The second-order valence-electron chi connectivity index (χ2n) is 4.86. The molecule has 3 N–H and O–H groups in total. The molecule has 1 fully saturated rings. The van der Waals surface area contributed by atoms with Crippen molar-refractivity contribution in [2.75, 3.05) is 0 Å². The Morgan fingerprint density at radius 2 is 1.94 bits per heavy atom. The minimum Gasteiger partial charge on any atom is -0.352 e. The highest BCUT2D eigenvalue weighted by Crippen LogP contribution is 2.36. The maximum atomic E-state index is 11.8. The van der Waals surface area contributed by atoms with Crippen molar-refractivity contribution in [1.29, 1.82) is 0 Å². The molecular formula is C14H20N2O. The first-order valence-electron chi connectivity index (χ1n) is 6.26. The molecule has 0 bridgehead atoms. The van der Waals surface area contributed by atoms with Crippen LogP contribution in [0, 0.1) is 11.8 Å². The van der Waals surface area contributed by atoms with Crippen LogP contribution in [0.15, 0.2) is 24.3 Å². The zero-order valence-corrected chi connectivity index (χ0v) is 10.3. The topological polar surface area (TPSA) is 55.1 Å². The van der Waals surface area contributed by atoms with E-state index in [2.05, 4.69) is 5.32 Å². The summed E-state index contributed by atoms with van der Waals surface area (Å²) in [5.41, 5.74) is 7.77. The number of carbonyl (C=O) groups excluding carboxylic acids is 1. The average Bonchev–Trinajstić information content (AvgIpc) is 3.20. The number of benzene rings is 1. The standard InChI is InChI=1S/C14H20N2O/c1-10(13-6-7-13)14(17)16-9-12-4-2-11(8-15)3-5-12/h2-5,10,13H,6-9,15H2,1H3,(H,16,17). The molecule has 0 saturated heterocycles. The third-order valence-corrected chi connectivity index (χ3v) is 3.47. The normalized spacial score (nSPS) is 16.6. The predicted octanol–water partition coefficient (Wildman–Crippen LogP) is 1.81. The lowest BCUT2D eigenvalue weighted by Crippen LogP contribution is -2.29. The fourth-order valence-corrected chi connectivity index (χ4v) is 1.95. The van der Waals surface area contributed by atoms with Gasteiger partial charge in [0.05, 0.1) is 0 Å². The molecule has 3 nitrogen and oxygen atoms in total. The van der Waals surface area contributed by atoms with Gasteiger partial charge in [-0.05, 0) is 29.9 Å². The van der Waals surface area contributed by atoms with E-state index in [-0.39, 0.29) is 11.8 Å². The zero-order valence-electron chi connectivity index (χ0n) is 10.3. The first-order chi connectivity index (χ1) is 8.20. The van der Waals surface area contributed by atoms with Gasteiger partial charge in [0, 0.05) is 19.0 Å². The summed E-state index contributed by atoms with van der Waals surface area (Å²) < 4.78 is 0. The van der Waals surface area contributed by atoms with Gasteiger partial charge >= 0.3 is 0 Å². The first-order valence-corrected chi connectivity index (χ1v) is 6.26. The second-order valence-corrected chi connectivity index (χ2v) is 4.86. The molecule has 1 unspecified atom stereocenters. The summed E-state index contributed by atoms with van der Waals surface area (Å²) in [4.78, 5) is 11.8. The van der Waals surface area contributed by atoms with Crippen molar-refractivity contribution in [2.45, 2.75) is 32.9 Å². The van der Waals surface area contributed by atoms with E-state index >= 15 is 0 Å². The van der Waals surface area contributed by atoms with Gasteiger partial charge in [-0.2, -0.15) is 0 Å². The van der Waals surface area contributed by atoms with Crippen molar-refractivity contribution in [3.8, 4) is 0 Å². The van der Waals surface area contributed by atoms with Crippen LogP contribution in [0.3, 0.4) is 0 Å². The van der Waals surface area contributed by atoms with E-state index in [1.54, 1.807) is 0 Å². The lowest BCUT2D eigenvalue weighted by Gasteiger charge is -2.11. The maximum Gasteiger partial charge on any atom is 0.223 e. The van der Waals surface area contributed by atoms with Crippen LogP contribution in [0.2, 0.25) is 0 Å². The van der Waals surface area contributed by atoms with E-state index in [9.17, 15) is 4.79 Å². The van der Waals surface area contributed by atoms with E-state index in [4.69, 9.17) is 5.73 Å². The van der Waals surface area contributed by atoms with Gasteiger partial charge in [-0.15, -0.1) is 0 Å². The highest BCUT2D eigenvalue weighted by molar-refractivity contribution is 5.78. The van der Waals surface area contributed by atoms with Crippen LogP contribution in [0.4, 0.5) is 0 Å². The van der Waals surface area contributed by atoms with Crippen molar-refractivity contribution in [3.05, 3.63) is 35.4 Å². The number of rotatable bonds is 5. The number of carbonyl (C=O) groups is 1. The third-order valence-electron chi connectivity index (χ3n) is 3.47. The van der Waals surface area contributed by atoms with E-state index < -0.39 is 0 Å². The van der Waals surface area contributed by atoms with E-state index in [1.807, 2.05) is 31.2 Å². The fraction of sp³-hybridized carbons (Fsp3) is 0.500. The van der Waals surface area contributed by atoms with Gasteiger partial charge in [-0.25, -0.2) is 0 Å². The van der Waals surface area contributed by atoms with E-state index in [0.717, 1.165) is 11.1 Å². The second kappa shape index (κ2) is 5.32. The number of nitrogens with one attached hydrogen (secondary N) is 1. The van der Waals surface area contributed by atoms with Crippen LogP contribution in [0.25, 0.3) is 0 Å². The first kappa shape index (κ1) is 12.1. The third kappa shape index (κ3) is 3.30. The van der Waals surface area contributed by atoms with Crippen LogP contribution < -0.4 is 11.1 Å². The molecule has 92 valence electrons. The molecule has 0 aliphatic heterocycles. The Labute approximate surface area is 102 Å². The Morgan fingerprint density at radius 3 is 2.47 bits per heavy atom. The van der Waals surface area contributed by atoms with Gasteiger partial charge in [-0.1, -0.05) is 31.2 Å². The summed E-state index contributed by atoms with van der Waals surface area (Å²) in [6.45, 7) is 3.19. The molecule has 1 atom stereocenters. The quantitative estimate of drug-likeness (QED) is 0.813. The van der Waals surface area contributed by atoms with Gasteiger partial charge in [0.15, 0.2) is 0 Å². The Bertz CT molecular complexity index is 382. The Balaban J connectivity index is 1.82. The molecule has 3 heteroatoms. The summed E-state index contributed by atoms with van der Waals surface area (Å²) in [5, 5.41) is 2.99. The van der Waals surface area contributed by atoms with Gasteiger partial charge in [0.2, 0.25) is 5.91 Å². The Hall–Kier alpha value is -1.35. The molecule has 0 radical (unpaired) electrons. The number of amides is 1. The monoisotopic (exact) mass is 232 g/mol. The van der Waals surface area contributed by atoms with Gasteiger partial charge in [-0.3, -0.25) is 4.79 Å². The summed E-state index contributed by atoms with van der Waals surface area (Å²) >= 11 is 0. The number of nitrogens with two attached hydrogens (primary N) is 1. The molecule has 1 aromatic carbocycles. The predicted molar refractivity (Wildman–Crippen MR) is 68.1 cm³/mol. The van der Waals surface area contributed by atoms with Gasteiger partial charge in [0.25, 0.3) is 0 Å². The van der Waals surface area contributed by atoms with Crippen molar-refractivity contribution in [1.82, 2.24) is 5.32 Å². The highest BCUT2D eigenvalue weighted by atomic mass is 16.1. The summed E-state index contributed by atoms with van der Waals surface area (Å²) in [6.07, 6.45) is 2.42. The molecule has 1 aromatic rings. The SMILES string of the molecule is CC(C(=O)NCc1ccc(CN)cc1)C1CC1. The molecule has 1 aliphatic carbocycles. The summed E-state index contributed by atoms with van der Waals surface area (Å²) in [5.74, 6) is 0.961. The average molecular weight is 232 g/mol. The van der Waals surface area contributed by atoms with Crippen LogP contribution >= 0.6 is 0 Å². The van der Waals surface area contributed by atoms with Crippen LogP contribution in [0.1, 0.15) is 30.9 Å². The van der Waals surface area contributed by atoms with Crippen molar-refractivity contribution < 1.29 is 4.79 Å². The van der Waals surface area contributed by atoms with E-state index in [0.29, 0.717) is 19.0 Å². The highest BCUT2D eigenvalue weighted by Gasteiger charge is 2.32. The lowest BCUT2D eigenvalue weighted by molar-refractivity contribution is -0.125. The largest absolute Gasteiger partial charge is 0.352 e. The maximum absolute atomic E-state index is 11.8. The van der Waals surface area contributed by atoms with Crippen molar-refractivity contribution in [2.24, 2.45) is 17.6 Å². The van der Waals surface area contributed by atoms with Crippen LogP contribution in [-0.4, -0.2) is 5.91 Å². The smallest absolute Gasteiger partial charge is 0.223 e. The zero-order chi connectivity index (χ0) is 12.3. The lowest BCUT2D eigenvalue weighted by atomic mass is 10.1. The molecule has 1 saturated carbocycles. The molecule has 1 aliphatic rings. The molecule has 0 spiro atoms. The molecular weight excluding hydrogens is 212 g/mol. The molecule has 0 heterocycles. The van der Waals surface area contributed by atoms with Crippen LogP contribution in [0.5, 0.6) is 0 Å². The molecule has 1 amide bonds. The minimum atomic E-state index is 0.165. The van der Waals surface area contributed by atoms with Crippen molar-refractivity contribution in [3.63, 3.8) is 0 Å². The van der Waals surface area contributed by atoms with Crippen molar-refractivity contribution >= 4 is 5.91 Å². The number of hydrogen-bond donors (Lipinski definition) is 2. The Kier molecular flexibility index (Phi) is 3.79. The van der Waals surface area contributed by atoms with Gasteiger partial charge < -0.3 is 11.1 Å². The summed E-state index contributed by atoms with van der Waals surface area (Å²) in [7, 11) is 0. The fourth-order valence-electron chi connectivity index (χ4n) is 1.95. The minimum absolute atomic E-state index is 0.165. The summed E-state index contributed by atoms with van der Waals surface area (Å²) in [6, 6.07) is 8.05. The molecule has 0 aromatic heterocycles. The number of hydrogen-bond acceptors (Lipinski definition) is 2. The molecule has 2 rings (SSSR count). The molecule has 17 heavy (non-hydrogen) atoms. The Morgan fingerprint density at radius 1 is 1.35 bits per heavy atom. The van der Waals surface area contributed by atoms with E-state index in [1.165, 1.54) is 12.8 Å². The van der Waals surface area contributed by atoms with Gasteiger partial charge in [0.1, 0.15) is 0 Å².